The highest BCUT2D eigenvalue weighted by Gasteiger charge is 2.07. The number of rotatable bonds is 5. The van der Waals surface area contributed by atoms with Gasteiger partial charge in [0.2, 0.25) is 0 Å². The van der Waals surface area contributed by atoms with Gasteiger partial charge in [0.1, 0.15) is 11.6 Å². The Morgan fingerprint density at radius 1 is 1.25 bits per heavy atom. The molecule has 0 radical (unpaired) electrons. The first kappa shape index (κ1) is 13.9. The van der Waals surface area contributed by atoms with E-state index in [2.05, 4.69) is 10.3 Å². The number of methoxy groups -OCH3 is 1. The van der Waals surface area contributed by atoms with Gasteiger partial charge in [0, 0.05) is 12.2 Å². The highest BCUT2D eigenvalue weighted by molar-refractivity contribution is 5.87. The summed E-state index contributed by atoms with van der Waals surface area (Å²) in [4.78, 5) is 14.8. The SMILES string of the molecule is COc1ccc(C(C)Nc2ccc(C(=O)O)cn2)cc1. The molecule has 20 heavy (non-hydrogen) atoms. The summed E-state index contributed by atoms with van der Waals surface area (Å²) in [7, 11) is 1.63. The maximum absolute atomic E-state index is 10.7. The molecule has 1 heterocycles. The molecule has 2 rings (SSSR count). The van der Waals surface area contributed by atoms with Crippen molar-refractivity contribution in [3.63, 3.8) is 0 Å². The maximum Gasteiger partial charge on any atom is 0.337 e. The fourth-order valence-electron chi connectivity index (χ4n) is 1.80. The third-order valence-corrected chi connectivity index (χ3v) is 2.99. The molecule has 1 unspecified atom stereocenters. The minimum absolute atomic E-state index is 0.0593. The van der Waals surface area contributed by atoms with E-state index in [4.69, 9.17) is 9.84 Å². The van der Waals surface area contributed by atoms with E-state index in [-0.39, 0.29) is 11.6 Å². The Balaban J connectivity index is 2.06. The van der Waals surface area contributed by atoms with Crippen molar-refractivity contribution in [2.45, 2.75) is 13.0 Å². The number of pyridine rings is 1. The van der Waals surface area contributed by atoms with Crippen molar-refractivity contribution in [1.29, 1.82) is 0 Å². The number of hydrogen-bond acceptors (Lipinski definition) is 4. The summed E-state index contributed by atoms with van der Waals surface area (Å²) in [5, 5.41) is 12.0. The van der Waals surface area contributed by atoms with E-state index in [1.165, 1.54) is 12.3 Å². The summed E-state index contributed by atoms with van der Waals surface area (Å²) in [6.07, 6.45) is 1.34. The lowest BCUT2D eigenvalue weighted by atomic mass is 10.1. The molecule has 0 saturated heterocycles. The van der Waals surface area contributed by atoms with E-state index >= 15 is 0 Å². The van der Waals surface area contributed by atoms with Gasteiger partial charge < -0.3 is 15.2 Å². The number of ether oxygens (including phenoxy) is 1. The topological polar surface area (TPSA) is 71.5 Å². The van der Waals surface area contributed by atoms with Crippen molar-refractivity contribution in [2.75, 3.05) is 12.4 Å². The number of nitrogens with one attached hydrogen (secondary N) is 1. The first-order chi connectivity index (χ1) is 9.60. The van der Waals surface area contributed by atoms with Gasteiger partial charge in [-0.3, -0.25) is 0 Å². The molecule has 0 saturated carbocycles. The van der Waals surface area contributed by atoms with Crippen molar-refractivity contribution in [3.8, 4) is 5.75 Å². The largest absolute Gasteiger partial charge is 0.497 e. The minimum Gasteiger partial charge on any atom is -0.497 e. The fourth-order valence-corrected chi connectivity index (χ4v) is 1.80. The Hall–Kier alpha value is -2.56. The Morgan fingerprint density at radius 2 is 1.95 bits per heavy atom. The van der Waals surface area contributed by atoms with Crippen LogP contribution in [0.15, 0.2) is 42.6 Å². The molecule has 0 aliphatic rings. The van der Waals surface area contributed by atoms with Gasteiger partial charge in [-0.25, -0.2) is 9.78 Å². The number of carboxylic acid groups (broad SMARTS) is 1. The summed E-state index contributed by atoms with van der Waals surface area (Å²) in [5.41, 5.74) is 1.27. The monoisotopic (exact) mass is 272 g/mol. The van der Waals surface area contributed by atoms with Crippen LogP contribution in [0.1, 0.15) is 28.9 Å². The lowest BCUT2D eigenvalue weighted by Gasteiger charge is -2.15. The second-order valence-corrected chi connectivity index (χ2v) is 4.38. The van der Waals surface area contributed by atoms with Crippen LogP contribution in [0.3, 0.4) is 0 Å². The number of nitrogens with zero attached hydrogens (tertiary/aromatic N) is 1. The number of benzene rings is 1. The molecule has 2 N–H and O–H groups in total. The molecular weight excluding hydrogens is 256 g/mol. The van der Waals surface area contributed by atoms with Crippen LogP contribution < -0.4 is 10.1 Å². The summed E-state index contributed by atoms with van der Waals surface area (Å²) in [5.74, 6) is 0.468. The lowest BCUT2D eigenvalue weighted by Crippen LogP contribution is -2.08. The minimum atomic E-state index is -0.979. The average molecular weight is 272 g/mol. The standard InChI is InChI=1S/C15H16N2O3/c1-10(11-3-6-13(20-2)7-4-11)17-14-8-5-12(9-16-14)15(18)19/h3-10H,1-2H3,(H,16,17)(H,18,19). The molecule has 5 heteroatoms. The summed E-state index contributed by atoms with van der Waals surface area (Å²) in [6.45, 7) is 2.01. The molecule has 2 aromatic rings. The maximum atomic E-state index is 10.7. The summed E-state index contributed by atoms with van der Waals surface area (Å²) in [6, 6.07) is 11.0. The molecule has 1 aromatic carbocycles. The van der Waals surface area contributed by atoms with Crippen molar-refractivity contribution in [1.82, 2.24) is 4.98 Å². The van der Waals surface area contributed by atoms with E-state index in [0.717, 1.165) is 11.3 Å². The Bertz CT molecular complexity index is 579. The molecular formula is C15H16N2O3. The van der Waals surface area contributed by atoms with Crippen LogP contribution in [-0.2, 0) is 0 Å². The van der Waals surface area contributed by atoms with E-state index in [1.807, 2.05) is 31.2 Å². The van der Waals surface area contributed by atoms with Gasteiger partial charge >= 0.3 is 5.97 Å². The molecule has 5 nitrogen and oxygen atoms in total. The highest BCUT2D eigenvalue weighted by atomic mass is 16.5. The quantitative estimate of drug-likeness (QED) is 0.875. The summed E-state index contributed by atoms with van der Waals surface area (Å²) >= 11 is 0. The molecule has 0 fully saturated rings. The van der Waals surface area contributed by atoms with Crippen LogP contribution in [0.4, 0.5) is 5.82 Å². The number of carbonyl (C=O) groups is 1. The van der Waals surface area contributed by atoms with Crippen molar-refractivity contribution >= 4 is 11.8 Å². The van der Waals surface area contributed by atoms with Gasteiger partial charge in [0.05, 0.1) is 12.7 Å². The first-order valence-corrected chi connectivity index (χ1v) is 6.20. The highest BCUT2D eigenvalue weighted by Crippen LogP contribution is 2.20. The number of carboxylic acids is 1. The van der Waals surface area contributed by atoms with E-state index in [9.17, 15) is 4.79 Å². The number of aromatic carboxylic acids is 1. The predicted molar refractivity (Wildman–Crippen MR) is 76.2 cm³/mol. The zero-order chi connectivity index (χ0) is 14.5. The Labute approximate surface area is 117 Å². The average Bonchev–Trinajstić information content (AvgIpc) is 2.48. The third-order valence-electron chi connectivity index (χ3n) is 2.99. The van der Waals surface area contributed by atoms with Gasteiger partial charge in [-0.2, -0.15) is 0 Å². The van der Waals surface area contributed by atoms with Crippen LogP contribution >= 0.6 is 0 Å². The van der Waals surface area contributed by atoms with Gasteiger partial charge in [-0.05, 0) is 36.8 Å². The lowest BCUT2D eigenvalue weighted by molar-refractivity contribution is 0.0696. The van der Waals surface area contributed by atoms with Gasteiger partial charge in [-0.1, -0.05) is 12.1 Å². The van der Waals surface area contributed by atoms with E-state index in [1.54, 1.807) is 13.2 Å². The fraction of sp³-hybridized carbons (Fsp3) is 0.200. The number of anilines is 1. The molecule has 1 atom stereocenters. The smallest absolute Gasteiger partial charge is 0.337 e. The van der Waals surface area contributed by atoms with Crippen LogP contribution in [0.2, 0.25) is 0 Å². The van der Waals surface area contributed by atoms with Gasteiger partial charge in [0.15, 0.2) is 0 Å². The molecule has 0 spiro atoms. The van der Waals surface area contributed by atoms with Gasteiger partial charge in [-0.15, -0.1) is 0 Å². The number of hydrogen-bond donors (Lipinski definition) is 2. The van der Waals surface area contributed by atoms with Crippen LogP contribution in [-0.4, -0.2) is 23.2 Å². The van der Waals surface area contributed by atoms with Crippen molar-refractivity contribution < 1.29 is 14.6 Å². The Kier molecular flexibility index (Phi) is 4.20. The molecule has 0 amide bonds. The van der Waals surface area contributed by atoms with Crippen LogP contribution in [0.5, 0.6) is 5.75 Å². The second kappa shape index (κ2) is 6.06. The third kappa shape index (κ3) is 3.26. The molecule has 0 bridgehead atoms. The van der Waals surface area contributed by atoms with Crippen molar-refractivity contribution in [3.05, 3.63) is 53.7 Å². The van der Waals surface area contributed by atoms with Crippen LogP contribution in [0, 0.1) is 0 Å². The Morgan fingerprint density at radius 3 is 2.45 bits per heavy atom. The van der Waals surface area contributed by atoms with E-state index in [0.29, 0.717) is 5.82 Å². The van der Waals surface area contributed by atoms with Crippen molar-refractivity contribution in [2.24, 2.45) is 0 Å². The normalized spacial score (nSPS) is 11.7. The molecule has 0 aliphatic heterocycles. The zero-order valence-electron chi connectivity index (χ0n) is 11.3. The second-order valence-electron chi connectivity index (χ2n) is 4.38. The number of aromatic nitrogens is 1. The van der Waals surface area contributed by atoms with Crippen LogP contribution in [0.25, 0.3) is 0 Å². The van der Waals surface area contributed by atoms with E-state index < -0.39 is 5.97 Å². The first-order valence-electron chi connectivity index (χ1n) is 6.20. The van der Waals surface area contributed by atoms with Gasteiger partial charge in [0.25, 0.3) is 0 Å². The molecule has 1 aromatic heterocycles. The zero-order valence-corrected chi connectivity index (χ0v) is 11.3. The molecule has 104 valence electrons. The molecule has 0 aliphatic carbocycles. The predicted octanol–water partition coefficient (Wildman–Crippen LogP) is 2.96. The summed E-state index contributed by atoms with van der Waals surface area (Å²) < 4.78 is 5.11.